The quantitative estimate of drug-likeness (QED) is 0.0261. The van der Waals surface area contributed by atoms with Gasteiger partial charge in [-0.3, -0.25) is 14.4 Å². The molecule has 0 heterocycles. The fourth-order valence-electron chi connectivity index (χ4n) is 9.53. The molecule has 0 fully saturated rings. The second-order valence-corrected chi connectivity index (χ2v) is 22.7. The van der Waals surface area contributed by atoms with Crippen molar-refractivity contribution in [2.45, 2.75) is 322 Å². The lowest BCUT2D eigenvalue weighted by atomic mass is 10.0. The lowest BCUT2D eigenvalue weighted by Gasteiger charge is -2.18. The van der Waals surface area contributed by atoms with Crippen LogP contribution in [0.4, 0.5) is 0 Å². The summed E-state index contributed by atoms with van der Waals surface area (Å²) in [5, 5.41) is 0. The van der Waals surface area contributed by atoms with Crippen molar-refractivity contribution >= 4 is 17.9 Å². The Morgan fingerprint density at radius 3 is 0.747 bits per heavy atom. The van der Waals surface area contributed by atoms with E-state index < -0.39 is 6.10 Å². The molecule has 6 nitrogen and oxygen atoms in total. The molecule has 0 bridgehead atoms. The first-order valence-electron chi connectivity index (χ1n) is 34.7. The van der Waals surface area contributed by atoms with Crippen LogP contribution < -0.4 is 0 Å². The third-order valence-corrected chi connectivity index (χ3v) is 14.7. The maximum atomic E-state index is 13.0. The third-order valence-electron chi connectivity index (χ3n) is 14.7. The number of carbonyl (C=O) groups excluding carboxylic acids is 3. The second-order valence-electron chi connectivity index (χ2n) is 22.7. The molecule has 0 radical (unpaired) electrons. The van der Waals surface area contributed by atoms with Crippen molar-refractivity contribution in [1.82, 2.24) is 0 Å². The van der Waals surface area contributed by atoms with Gasteiger partial charge in [0.05, 0.1) is 0 Å². The number of allylic oxidation sites excluding steroid dienone is 22. The number of carbonyl (C=O) groups is 3. The molecule has 6 heteroatoms. The van der Waals surface area contributed by atoms with E-state index in [9.17, 15) is 14.4 Å². The van der Waals surface area contributed by atoms with Crippen LogP contribution in [0.15, 0.2) is 134 Å². The summed E-state index contributed by atoms with van der Waals surface area (Å²) in [7, 11) is 0. The fraction of sp³-hybridized carbons (Fsp3) is 0.675. The SMILES string of the molecule is CC/C=C\C/C=C\C/C=C\C/C=C\C/C=C\C/C=C\C/C=C\CCCCCC(=O)OCC(COC(=O)CCCCCCCCCCCCCCCCCCCCC)OC(=O)CCCCCCCCCC/C=C\C/C=C\C/C=C\C/C=C\CC. The maximum Gasteiger partial charge on any atom is 0.306 e. The second kappa shape index (κ2) is 70.0. The minimum Gasteiger partial charge on any atom is -0.462 e. The summed E-state index contributed by atoms with van der Waals surface area (Å²) in [6.45, 7) is 6.41. The van der Waals surface area contributed by atoms with Crippen molar-refractivity contribution in [3.8, 4) is 0 Å². The molecule has 0 aliphatic rings. The first-order chi connectivity index (χ1) is 41.0. The van der Waals surface area contributed by atoms with Gasteiger partial charge in [-0.2, -0.15) is 0 Å². The number of hydrogen-bond acceptors (Lipinski definition) is 6. The van der Waals surface area contributed by atoms with Gasteiger partial charge < -0.3 is 14.2 Å². The smallest absolute Gasteiger partial charge is 0.306 e. The highest BCUT2D eigenvalue weighted by atomic mass is 16.6. The van der Waals surface area contributed by atoms with E-state index in [4.69, 9.17) is 14.2 Å². The molecule has 0 saturated heterocycles. The average Bonchev–Trinajstić information content (AvgIpc) is 3.50. The molecule has 0 N–H and O–H groups in total. The van der Waals surface area contributed by atoms with E-state index in [2.05, 4.69) is 154 Å². The predicted molar refractivity (Wildman–Crippen MR) is 362 cm³/mol. The monoisotopic (exact) mass is 1150 g/mol. The van der Waals surface area contributed by atoms with E-state index in [0.717, 1.165) is 141 Å². The number of ether oxygens (including phenoxy) is 3. The summed E-state index contributed by atoms with van der Waals surface area (Å²) in [5.41, 5.74) is 0. The summed E-state index contributed by atoms with van der Waals surface area (Å²) in [6, 6.07) is 0. The summed E-state index contributed by atoms with van der Waals surface area (Å²) in [5.74, 6) is -0.925. The number of rotatable bonds is 62. The molecule has 0 aliphatic carbocycles. The Morgan fingerprint density at radius 2 is 0.470 bits per heavy atom. The van der Waals surface area contributed by atoms with Crippen molar-refractivity contribution in [2.24, 2.45) is 0 Å². The summed E-state index contributed by atoms with van der Waals surface area (Å²) in [6.07, 6.45) is 98.9. The topological polar surface area (TPSA) is 78.9 Å². The first-order valence-corrected chi connectivity index (χ1v) is 34.7. The minimum absolute atomic E-state index is 0.0931. The van der Waals surface area contributed by atoms with Crippen molar-refractivity contribution in [1.29, 1.82) is 0 Å². The lowest BCUT2D eigenvalue weighted by Crippen LogP contribution is -2.30. The molecule has 0 aromatic heterocycles. The first kappa shape index (κ1) is 78.5. The van der Waals surface area contributed by atoms with E-state index in [1.807, 2.05) is 0 Å². The Balaban J connectivity index is 4.47. The molecule has 1 atom stereocenters. The Kier molecular flexibility index (Phi) is 66.3. The van der Waals surface area contributed by atoms with Gasteiger partial charge in [-0.05, 0) is 116 Å². The van der Waals surface area contributed by atoms with Gasteiger partial charge in [-0.15, -0.1) is 0 Å². The van der Waals surface area contributed by atoms with Crippen LogP contribution in [0, 0.1) is 0 Å². The lowest BCUT2D eigenvalue weighted by molar-refractivity contribution is -0.167. The largest absolute Gasteiger partial charge is 0.462 e. The molecule has 0 saturated carbocycles. The van der Waals surface area contributed by atoms with Crippen LogP contribution in [0.1, 0.15) is 316 Å². The third kappa shape index (κ3) is 68.2. The molecule has 0 aliphatic heterocycles. The summed E-state index contributed by atoms with van der Waals surface area (Å²) >= 11 is 0. The van der Waals surface area contributed by atoms with Crippen molar-refractivity contribution in [3.63, 3.8) is 0 Å². The van der Waals surface area contributed by atoms with Gasteiger partial charge in [0.15, 0.2) is 6.10 Å². The van der Waals surface area contributed by atoms with Gasteiger partial charge in [0.1, 0.15) is 13.2 Å². The van der Waals surface area contributed by atoms with Crippen molar-refractivity contribution in [3.05, 3.63) is 134 Å². The number of esters is 3. The Morgan fingerprint density at radius 1 is 0.253 bits per heavy atom. The average molecular weight is 1150 g/mol. The van der Waals surface area contributed by atoms with Crippen LogP contribution in [0.5, 0.6) is 0 Å². The van der Waals surface area contributed by atoms with E-state index in [0.29, 0.717) is 19.3 Å². The van der Waals surface area contributed by atoms with Crippen LogP contribution in [-0.4, -0.2) is 37.2 Å². The highest BCUT2D eigenvalue weighted by Gasteiger charge is 2.19. The highest BCUT2D eigenvalue weighted by molar-refractivity contribution is 5.71. The predicted octanol–water partition coefficient (Wildman–Crippen LogP) is 24.1. The summed E-state index contributed by atoms with van der Waals surface area (Å²) in [4.78, 5) is 38.5. The van der Waals surface area contributed by atoms with Gasteiger partial charge >= 0.3 is 17.9 Å². The van der Waals surface area contributed by atoms with Gasteiger partial charge in [-0.1, -0.05) is 315 Å². The van der Waals surface area contributed by atoms with Gasteiger partial charge in [0.25, 0.3) is 0 Å². The van der Waals surface area contributed by atoms with Crippen LogP contribution in [0.25, 0.3) is 0 Å². The van der Waals surface area contributed by atoms with E-state index >= 15 is 0 Å². The van der Waals surface area contributed by atoms with Crippen LogP contribution >= 0.6 is 0 Å². The Hall–Kier alpha value is -4.45. The van der Waals surface area contributed by atoms with Crippen LogP contribution in [0.2, 0.25) is 0 Å². The highest BCUT2D eigenvalue weighted by Crippen LogP contribution is 2.17. The minimum atomic E-state index is -0.802. The van der Waals surface area contributed by atoms with Crippen molar-refractivity contribution < 1.29 is 28.6 Å². The fourth-order valence-corrected chi connectivity index (χ4v) is 9.53. The molecule has 0 aromatic carbocycles. The van der Waals surface area contributed by atoms with Gasteiger partial charge in [-0.25, -0.2) is 0 Å². The summed E-state index contributed by atoms with van der Waals surface area (Å²) < 4.78 is 17.0. The van der Waals surface area contributed by atoms with Gasteiger partial charge in [0.2, 0.25) is 0 Å². The zero-order valence-corrected chi connectivity index (χ0v) is 54.2. The molecule has 1 unspecified atom stereocenters. The van der Waals surface area contributed by atoms with Gasteiger partial charge in [0, 0.05) is 19.3 Å². The van der Waals surface area contributed by atoms with E-state index in [1.165, 1.54) is 135 Å². The van der Waals surface area contributed by atoms with Crippen molar-refractivity contribution in [2.75, 3.05) is 13.2 Å². The molecule has 0 rings (SSSR count). The van der Waals surface area contributed by atoms with E-state index in [-0.39, 0.29) is 31.1 Å². The number of hydrogen-bond donors (Lipinski definition) is 0. The molecule has 83 heavy (non-hydrogen) atoms. The van der Waals surface area contributed by atoms with E-state index in [1.54, 1.807) is 0 Å². The molecule has 0 spiro atoms. The molecule has 0 aromatic rings. The molecule has 472 valence electrons. The number of unbranched alkanes of at least 4 members (excludes halogenated alkanes) is 29. The molecular weight excluding hydrogens is 1020 g/mol. The van der Waals surface area contributed by atoms with Crippen LogP contribution in [0.3, 0.4) is 0 Å². The zero-order chi connectivity index (χ0) is 59.9. The van der Waals surface area contributed by atoms with Crippen LogP contribution in [-0.2, 0) is 28.6 Å². The zero-order valence-electron chi connectivity index (χ0n) is 54.2. The molecular formula is C77H128O6. The Labute approximate surface area is 513 Å². The normalized spacial score (nSPS) is 13.0. The Bertz CT molecular complexity index is 1750. The standard InChI is InChI=1S/C77H128O6/c1-4-7-10-13-16-19-22-25-28-31-34-36-37-38-39-41-43-46-49-52-55-58-61-64-67-70-76(79)82-73-74(72-81-75(78)69-66-63-60-57-54-51-48-45-42-33-30-27-24-21-18-15-12-9-6-3)83-77(80)71-68-65-62-59-56-53-50-47-44-40-35-32-29-26-23-20-17-14-11-8-5-2/h7-8,10-11,16-17,19-20,25-26,28-29,34-36,38-40,43,46,52,55,74H,4-6,9,12-15,18,21-24,27,30-33,37,41-42,44-45,47-51,53-54,56-73H2,1-3H3/b10-7-,11-8-,19-16-,20-17-,28-25-,29-26-,36-34-,39-38-,40-35-,46-43-,55-52-. The molecule has 0 amide bonds. The maximum absolute atomic E-state index is 13.0.